The SMILES string of the molecule is [Ni+2].[S-]/C(N=Nc1ccccc1)=N/Nc1ccccc1.[S-]/C(N=Nc1ccccc1)=N\Nc1ccccc1. The molecule has 37 heavy (non-hydrogen) atoms. The van der Waals surface area contributed by atoms with E-state index in [1.807, 2.05) is 121 Å². The minimum atomic E-state index is 0. The molecular weight excluding hydrogens is 547 g/mol. The van der Waals surface area contributed by atoms with Crippen molar-refractivity contribution in [1.82, 2.24) is 0 Å². The monoisotopic (exact) mass is 568 g/mol. The molecule has 0 aliphatic carbocycles. The average Bonchev–Trinajstić information content (AvgIpc) is 2.95. The molecule has 0 aromatic heterocycles. The van der Waals surface area contributed by atoms with Crippen molar-refractivity contribution in [2.24, 2.45) is 30.7 Å². The fraction of sp³-hybridized carbons (Fsp3) is 0. The molecule has 11 heteroatoms. The van der Waals surface area contributed by atoms with E-state index in [9.17, 15) is 0 Å². The van der Waals surface area contributed by atoms with E-state index in [-0.39, 0.29) is 26.8 Å². The second-order valence-electron chi connectivity index (χ2n) is 6.82. The van der Waals surface area contributed by atoms with Gasteiger partial charge in [0.15, 0.2) is 0 Å². The maximum Gasteiger partial charge on any atom is 2.00 e. The molecule has 0 saturated heterocycles. The Kier molecular flexibility index (Phi) is 13.7. The molecule has 0 aliphatic rings. The smallest absolute Gasteiger partial charge is 0.737 e. The fourth-order valence-corrected chi connectivity index (χ4v) is 2.66. The van der Waals surface area contributed by atoms with Gasteiger partial charge < -0.3 is 25.3 Å². The Bertz CT molecular complexity index is 1180. The molecule has 4 rings (SSSR count). The molecule has 0 heterocycles. The van der Waals surface area contributed by atoms with E-state index in [0.717, 1.165) is 22.7 Å². The number of amidine groups is 2. The molecule has 0 atom stereocenters. The first kappa shape index (κ1) is 29.2. The van der Waals surface area contributed by atoms with E-state index in [2.05, 4.69) is 41.5 Å². The van der Waals surface area contributed by atoms with Gasteiger partial charge in [-0.05, 0) is 48.5 Å². The van der Waals surface area contributed by atoms with Crippen LogP contribution in [0, 0.1) is 0 Å². The molecule has 0 aliphatic heterocycles. The van der Waals surface area contributed by atoms with Gasteiger partial charge in [0.1, 0.15) is 0 Å². The largest absolute Gasteiger partial charge is 2.00 e. The Balaban J connectivity index is 0.000000253. The molecule has 0 bridgehead atoms. The van der Waals surface area contributed by atoms with Crippen molar-refractivity contribution in [3.63, 3.8) is 0 Å². The predicted octanol–water partition coefficient (Wildman–Crippen LogP) is 7.40. The number of hydrogen-bond acceptors (Lipinski definition) is 8. The molecule has 4 aromatic carbocycles. The summed E-state index contributed by atoms with van der Waals surface area (Å²) in [7, 11) is 0. The molecular formula is C26H22N8NiS2. The van der Waals surface area contributed by atoms with Crippen LogP contribution in [0.1, 0.15) is 0 Å². The van der Waals surface area contributed by atoms with Crippen molar-refractivity contribution in [2.45, 2.75) is 0 Å². The number of hydrogen-bond donors (Lipinski definition) is 2. The van der Waals surface area contributed by atoms with Gasteiger partial charge in [0.05, 0.1) is 33.1 Å². The van der Waals surface area contributed by atoms with Crippen LogP contribution >= 0.6 is 0 Å². The Morgan fingerprint density at radius 2 is 0.757 bits per heavy atom. The number of hydrazone groups is 2. The standard InChI is InChI=1S/2C13H12N4S.Ni/c2*18-13(16-14-11-7-3-1-4-8-11)17-15-12-9-5-2-6-10-12;/h2*1-10,14H,(H,16,18);/q;;+2/p-2. The summed E-state index contributed by atoms with van der Waals surface area (Å²) in [6, 6.07) is 37.8. The third kappa shape index (κ3) is 12.5. The number of benzene rings is 4. The summed E-state index contributed by atoms with van der Waals surface area (Å²) in [6.07, 6.45) is 0. The molecule has 4 aromatic rings. The van der Waals surface area contributed by atoms with Crippen LogP contribution in [-0.2, 0) is 41.7 Å². The summed E-state index contributed by atoms with van der Waals surface area (Å²) in [5, 5.41) is 23.8. The molecule has 8 nitrogen and oxygen atoms in total. The van der Waals surface area contributed by atoms with Gasteiger partial charge >= 0.3 is 16.5 Å². The number of anilines is 2. The zero-order valence-electron chi connectivity index (χ0n) is 19.4. The third-order valence-corrected chi connectivity index (χ3v) is 4.47. The summed E-state index contributed by atoms with van der Waals surface area (Å²) in [6.45, 7) is 0. The number of para-hydroxylation sites is 2. The number of nitrogens with one attached hydrogen (secondary N) is 2. The normalized spacial score (nSPS) is 11.4. The predicted molar refractivity (Wildman–Crippen MR) is 152 cm³/mol. The second-order valence-corrected chi connectivity index (χ2v) is 7.55. The van der Waals surface area contributed by atoms with Crippen LogP contribution in [0.5, 0.6) is 0 Å². The van der Waals surface area contributed by atoms with Crippen molar-refractivity contribution in [3.05, 3.63) is 121 Å². The average molecular weight is 569 g/mol. The second kappa shape index (κ2) is 17.4. The molecule has 0 spiro atoms. The van der Waals surface area contributed by atoms with Crippen LogP contribution in [0.4, 0.5) is 22.7 Å². The number of nitrogens with zero attached hydrogens (tertiary/aromatic N) is 6. The Morgan fingerprint density at radius 3 is 1.08 bits per heavy atom. The quantitative estimate of drug-likeness (QED) is 0.0632. The van der Waals surface area contributed by atoms with Gasteiger partial charge in [-0.1, -0.05) is 72.8 Å². The minimum Gasteiger partial charge on any atom is -0.737 e. The van der Waals surface area contributed by atoms with Crippen LogP contribution < -0.4 is 10.9 Å². The molecule has 0 amide bonds. The first-order valence-corrected chi connectivity index (χ1v) is 11.6. The van der Waals surface area contributed by atoms with Gasteiger partial charge in [-0.15, -0.1) is 0 Å². The van der Waals surface area contributed by atoms with Crippen LogP contribution in [0.3, 0.4) is 0 Å². The van der Waals surface area contributed by atoms with Gasteiger partial charge in [0, 0.05) is 0 Å². The molecule has 0 fully saturated rings. The summed E-state index contributed by atoms with van der Waals surface area (Å²) in [4.78, 5) is 0. The molecule has 0 unspecified atom stereocenters. The van der Waals surface area contributed by atoms with E-state index in [4.69, 9.17) is 25.3 Å². The summed E-state index contributed by atoms with van der Waals surface area (Å²) < 4.78 is 0. The Morgan fingerprint density at radius 1 is 0.459 bits per heavy atom. The zero-order chi connectivity index (χ0) is 25.3. The van der Waals surface area contributed by atoms with Gasteiger partial charge in [-0.2, -0.15) is 30.7 Å². The number of rotatable bonds is 6. The third-order valence-electron chi connectivity index (χ3n) is 4.12. The fourth-order valence-electron chi connectivity index (χ4n) is 2.49. The number of azo groups is 2. The van der Waals surface area contributed by atoms with Crippen molar-refractivity contribution in [3.8, 4) is 0 Å². The van der Waals surface area contributed by atoms with Gasteiger partial charge in [-0.3, -0.25) is 10.9 Å². The zero-order valence-corrected chi connectivity index (χ0v) is 22.0. The molecule has 0 saturated carbocycles. The van der Waals surface area contributed by atoms with E-state index >= 15 is 0 Å². The van der Waals surface area contributed by atoms with Gasteiger partial charge in [-0.25, -0.2) is 0 Å². The van der Waals surface area contributed by atoms with Crippen molar-refractivity contribution in [1.29, 1.82) is 0 Å². The van der Waals surface area contributed by atoms with Crippen molar-refractivity contribution < 1.29 is 16.5 Å². The first-order valence-electron chi connectivity index (χ1n) is 10.7. The van der Waals surface area contributed by atoms with Crippen LogP contribution in [0.2, 0.25) is 0 Å². The van der Waals surface area contributed by atoms with Crippen LogP contribution in [0.25, 0.3) is 0 Å². The van der Waals surface area contributed by atoms with E-state index in [1.165, 1.54) is 0 Å². The summed E-state index contributed by atoms with van der Waals surface area (Å²) in [5.74, 6) is 0. The summed E-state index contributed by atoms with van der Waals surface area (Å²) >= 11 is 9.93. The van der Waals surface area contributed by atoms with Gasteiger partial charge in [0.25, 0.3) is 0 Å². The Hall–Kier alpha value is -4.05. The maximum atomic E-state index is 4.96. The van der Waals surface area contributed by atoms with Crippen molar-refractivity contribution >= 4 is 58.3 Å². The van der Waals surface area contributed by atoms with E-state index in [1.54, 1.807) is 0 Å². The van der Waals surface area contributed by atoms with E-state index < -0.39 is 0 Å². The topological polar surface area (TPSA) is 98.2 Å². The van der Waals surface area contributed by atoms with Crippen LogP contribution in [0.15, 0.2) is 152 Å². The van der Waals surface area contributed by atoms with Crippen LogP contribution in [-0.4, -0.2) is 10.3 Å². The Labute approximate surface area is 236 Å². The molecule has 0 radical (unpaired) electrons. The summed E-state index contributed by atoms with van der Waals surface area (Å²) in [5.41, 5.74) is 8.82. The maximum absolute atomic E-state index is 4.96. The van der Waals surface area contributed by atoms with Gasteiger partial charge in [0.2, 0.25) is 0 Å². The molecule has 188 valence electrons. The molecule has 2 N–H and O–H groups in total. The minimum absolute atomic E-state index is 0. The van der Waals surface area contributed by atoms with Crippen molar-refractivity contribution in [2.75, 3.05) is 10.9 Å². The first-order chi connectivity index (χ1) is 17.7. The van der Waals surface area contributed by atoms with E-state index in [0.29, 0.717) is 0 Å².